The van der Waals surface area contributed by atoms with Crippen LogP contribution >= 0.6 is 0 Å². The minimum absolute atomic E-state index is 0.0934. The van der Waals surface area contributed by atoms with Crippen LogP contribution in [0.5, 0.6) is 5.75 Å². The number of nitrogens with zero attached hydrogens (tertiary/aromatic N) is 1. The number of benzene rings is 2. The van der Waals surface area contributed by atoms with Crippen molar-refractivity contribution < 1.29 is 17.9 Å². The molecule has 0 spiro atoms. The van der Waals surface area contributed by atoms with Crippen molar-refractivity contribution in [2.45, 2.75) is 31.7 Å². The van der Waals surface area contributed by atoms with Gasteiger partial charge in [0.15, 0.2) is 0 Å². The van der Waals surface area contributed by atoms with Crippen LogP contribution in [0.15, 0.2) is 53.4 Å². The first-order chi connectivity index (χ1) is 12.3. The van der Waals surface area contributed by atoms with E-state index in [0.717, 1.165) is 9.87 Å². The Kier molecular flexibility index (Phi) is 6.26. The lowest BCUT2D eigenvalue weighted by molar-refractivity contribution is -0.120. The molecule has 140 valence electrons. The van der Waals surface area contributed by atoms with Gasteiger partial charge in [-0.3, -0.25) is 9.10 Å². The SMILES string of the molecule is COc1ccccc1N(CC(=O)NC(C)C)S(=O)(=O)c1ccc(C)cc1. The van der Waals surface area contributed by atoms with E-state index in [0.29, 0.717) is 11.4 Å². The highest BCUT2D eigenvalue weighted by Gasteiger charge is 2.29. The number of anilines is 1. The second kappa shape index (κ2) is 8.23. The summed E-state index contributed by atoms with van der Waals surface area (Å²) in [5.74, 6) is -0.0119. The van der Waals surface area contributed by atoms with Gasteiger partial charge in [-0.15, -0.1) is 0 Å². The van der Waals surface area contributed by atoms with Crippen LogP contribution in [0.1, 0.15) is 19.4 Å². The van der Waals surface area contributed by atoms with Gasteiger partial charge in [-0.25, -0.2) is 8.42 Å². The van der Waals surface area contributed by atoms with Crippen LogP contribution in [0, 0.1) is 6.92 Å². The van der Waals surface area contributed by atoms with Crippen LogP contribution in [-0.4, -0.2) is 34.0 Å². The van der Waals surface area contributed by atoms with Gasteiger partial charge in [0, 0.05) is 6.04 Å². The first kappa shape index (κ1) is 19.8. The summed E-state index contributed by atoms with van der Waals surface area (Å²) in [6.45, 7) is 5.18. The van der Waals surface area contributed by atoms with Crippen molar-refractivity contribution in [3.05, 3.63) is 54.1 Å². The number of hydrogen-bond donors (Lipinski definition) is 1. The molecule has 7 heteroatoms. The van der Waals surface area contributed by atoms with Crippen molar-refractivity contribution >= 4 is 21.6 Å². The summed E-state index contributed by atoms with van der Waals surface area (Å²) in [4.78, 5) is 12.4. The van der Waals surface area contributed by atoms with E-state index in [2.05, 4.69) is 5.32 Å². The van der Waals surface area contributed by atoms with Gasteiger partial charge in [0.25, 0.3) is 10.0 Å². The smallest absolute Gasteiger partial charge is 0.264 e. The van der Waals surface area contributed by atoms with Crippen molar-refractivity contribution in [3.8, 4) is 5.75 Å². The molecule has 2 aromatic rings. The maximum Gasteiger partial charge on any atom is 0.264 e. The third-order valence-corrected chi connectivity index (χ3v) is 5.47. The van der Waals surface area contributed by atoms with E-state index in [4.69, 9.17) is 4.74 Å². The van der Waals surface area contributed by atoms with Gasteiger partial charge in [0.05, 0.1) is 17.7 Å². The second-order valence-electron chi connectivity index (χ2n) is 6.22. The molecule has 6 nitrogen and oxygen atoms in total. The topological polar surface area (TPSA) is 75.7 Å². The highest BCUT2D eigenvalue weighted by molar-refractivity contribution is 7.92. The number of amides is 1. The summed E-state index contributed by atoms with van der Waals surface area (Å²) in [6, 6.07) is 13.2. The highest BCUT2D eigenvalue weighted by atomic mass is 32.2. The van der Waals surface area contributed by atoms with Crippen LogP contribution in [-0.2, 0) is 14.8 Å². The Balaban J connectivity index is 2.52. The van der Waals surface area contributed by atoms with E-state index in [1.807, 2.05) is 20.8 Å². The van der Waals surface area contributed by atoms with E-state index < -0.39 is 10.0 Å². The zero-order valence-corrected chi connectivity index (χ0v) is 16.2. The number of hydrogen-bond acceptors (Lipinski definition) is 4. The number of sulfonamides is 1. The van der Waals surface area contributed by atoms with Crippen molar-refractivity contribution in [2.24, 2.45) is 0 Å². The van der Waals surface area contributed by atoms with Gasteiger partial charge in [-0.1, -0.05) is 29.8 Å². The molecule has 0 aliphatic carbocycles. The molecule has 0 atom stereocenters. The Morgan fingerprint density at radius 3 is 2.31 bits per heavy atom. The lowest BCUT2D eigenvalue weighted by Gasteiger charge is -2.26. The van der Waals surface area contributed by atoms with Gasteiger partial charge < -0.3 is 10.1 Å². The molecule has 1 amide bonds. The molecule has 0 bridgehead atoms. The fourth-order valence-corrected chi connectivity index (χ4v) is 3.90. The van der Waals surface area contributed by atoms with Crippen molar-refractivity contribution in [1.29, 1.82) is 0 Å². The Labute approximate surface area is 154 Å². The van der Waals surface area contributed by atoms with Gasteiger partial charge in [-0.05, 0) is 45.0 Å². The number of para-hydroxylation sites is 2. The molecule has 0 radical (unpaired) electrons. The van der Waals surface area contributed by atoms with E-state index in [-0.39, 0.29) is 23.4 Å². The highest BCUT2D eigenvalue weighted by Crippen LogP contribution is 2.32. The van der Waals surface area contributed by atoms with Crippen LogP contribution in [0.2, 0.25) is 0 Å². The lowest BCUT2D eigenvalue weighted by Crippen LogP contribution is -2.43. The molecular formula is C19H24N2O4S. The molecule has 0 aromatic heterocycles. The summed E-state index contributed by atoms with van der Waals surface area (Å²) < 4.78 is 32.8. The van der Waals surface area contributed by atoms with Crippen LogP contribution in [0.25, 0.3) is 0 Å². The zero-order chi connectivity index (χ0) is 19.3. The normalized spacial score (nSPS) is 11.3. The maximum atomic E-state index is 13.2. The molecule has 2 aromatic carbocycles. The van der Waals surface area contributed by atoms with E-state index in [9.17, 15) is 13.2 Å². The fraction of sp³-hybridized carbons (Fsp3) is 0.316. The molecular weight excluding hydrogens is 352 g/mol. The molecule has 0 aliphatic rings. The molecule has 0 fully saturated rings. The minimum Gasteiger partial charge on any atom is -0.495 e. The largest absolute Gasteiger partial charge is 0.495 e. The Hall–Kier alpha value is -2.54. The molecule has 1 N–H and O–H groups in total. The zero-order valence-electron chi connectivity index (χ0n) is 15.4. The number of aryl methyl sites for hydroxylation is 1. The van der Waals surface area contributed by atoms with Gasteiger partial charge >= 0.3 is 0 Å². The lowest BCUT2D eigenvalue weighted by atomic mass is 10.2. The summed E-state index contributed by atoms with van der Waals surface area (Å²) in [6.07, 6.45) is 0. The van der Waals surface area contributed by atoms with E-state index in [1.54, 1.807) is 36.4 Å². The quantitative estimate of drug-likeness (QED) is 0.806. The second-order valence-corrected chi connectivity index (χ2v) is 8.08. The van der Waals surface area contributed by atoms with Gasteiger partial charge in [-0.2, -0.15) is 0 Å². The molecule has 0 aliphatic heterocycles. The number of carbonyl (C=O) groups excluding carboxylic acids is 1. The van der Waals surface area contributed by atoms with Crippen molar-refractivity contribution in [2.75, 3.05) is 18.0 Å². The molecule has 0 saturated heterocycles. The fourth-order valence-electron chi connectivity index (χ4n) is 2.47. The minimum atomic E-state index is -3.94. The number of rotatable bonds is 7. The average molecular weight is 376 g/mol. The monoisotopic (exact) mass is 376 g/mol. The van der Waals surface area contributed by atoms with E-state index in [1.165, 1.54) is 19.2 Å². The van der Waals surface area contributed by atoms with E-state index >= 15 is 0 Å². The predicted octanol–water partition coefficient (Wildman–Crippen LogP) is 2.72. The Morgan fingerprint density at radius 1 is 1.12 bits per heavy atom. The maximum absolute atomic E-state index is 13.2. The van der Waals surface area contributed by atoms with Gasteiger partial charge in [0.2, 0.25) is 5.91 Å². The summed E-state index contributed by atoms with van der Waals surface area (Å²) in [7, 11) is -2.48. The van der Waals surface area contributed by atoms with Crippen LogP contribution in [0.3, 0.4) is 0 Å². The number of nitrogens with one attached hydrogen (secondary N) is 1. The number of methoxy groups -OCH3 is 1. The number of carbonyl (C=O) groups is 1. The summed E-state index contributed by atoms with van der Waals surface area (Å²) in [5.41, 5.74) is 1.26. The van der Waals surface area contributed by atoms with Gasteiger partial charge in [0.1, 0.15) is 12.3 Å². The third-order valence-electron chi connectivity index (χ3n) is 3.70. The van der Waals surface area contributed by atoms with Crippen molar-refractivity contribution in [3.63, 3.8) is 0 Å². The predicted molar refractivity (Wildman–Crippen MR) is 102 cm³/mol. The molecule has 26 heavy (non-hydrogen) atoms. The van der Waals surface area contributed by atoms with Crippen molar-refractivity contribution in [1.82, 2.24) is 5.32 Å². The average Bonchev–Trinajstić information content (AvgIpc) is 2.59. The summed E-state index contributed by atoms with van der Waals surface area (Å²) >= 11 is 0. The molecule has 0 unspecified atom stereocenters. The first-order valence-electron chi connectivity index (χ1n) is 8.27. The Morgan fingerprint density at radius 2 is 1.73 bits per heavy atom. The summed E-state index contributed by atoms with van der Waals surface area (Å²) in [5, 5.41) is 2.73. The molecule has 2 rings (SSSR count). The third kappa shape index (κ3) is 4.54. The Bertz CT molecular complexity index is 861. The van der Waals surface area contributed by atoms with Crippen LogP contribution in [0.4, 0.5) is 5.69 Å². The standard InChI is InChI=1S/C19H24N2O4S/c1-14(2)20-19(22)13-21(17-7-5-6-8-18(17)25-4)26(23,24)16-11-9-15(3)10-12-16/h5-12,14H,13H2,1-4H3,(H,20,22). The number of ether oxygens (including phenoxy) is 1. The molecule has 0 heterocycles. The molecule has 0 saturated carbocycles. The van der Waals surface area contributed by atoms with Crippen LogP contribution < -0.4 is 14.4 Å². The first-order valence-corrected chi connectivity index (χ1v) is 9.71.